The standard InChI is InChI=1S/C12H23N3O/c16-12(15-8-1-2-9-15)4-3-7-14-10-5-13-6-11-14/h13H,1-11H2. The molecule has 2 rings (SSSR count). The predicted molar refractivity (Wildman–Crippen MR) is 64.4 cm³/mol. The lowest BCUT2D eigenvalue weighted by atomic mass is 10.2. The Morgan fingerprint density at radius 1 is 1.06 bits per heavy atom. The number of nitrogens with one attached hydrogen (secondary N) is 1. The summed E-state index contributed by atoms with van der Waals surface area (Å²) in [4.78, 5) is 16.3. The molecule has 2 aliphatic heterocycles. The molecule has 0 radical (unpaired) electrons. The van der Waals surface area contributed by atoms with Gasteiger partial charge in [-0.1, -0.05) is 0 Å². The summed E-state index contributed by atoms with van der Waals surface area (Å²) < 4.78 is 0. The van der Waals surface area contributed by atoms with Crippen molar-refractivity contribution >= 4 is 5.91 Å². The van der Waals surface area contributed by atoms with Crippen LogP contribution in [0.2, 0.25) is 0 Å². The van der Waals surface area contributed by atoms with Crippen LogP contribution in [0.1, 0.15) is 25.7 Å². The first-order chi connectivity index (χ1) is 7.86. The van der Waals surface area contributed by atoms with E-state index in [-0.39, 0.29) is 0 Å². The zero-order valence-electron chi connectivity index (χ0n) is 10.1. The Bertz CT molecular complexity index is 220. The first kappa shape index (κ1) is 11.9. The Morgan fingerprint density at radius 3 is 2.44 bits per heavy atom. The van der Waals surface area contributed by atoms with Gasteiger partial charge in [-0.25, -0.2) is 0 Å². The molecule has 0 bridgehead atoms. The van der Waals surface area contributed by atoms with E-state index in [1.54, 1.807) is 0 Å². The number of piperazine rings is 1. The minimum atomic E-state index is 0.368. The summed E-state index contributed by atoms with van der Waals surface area (Å²) in [6, 6.07) is 0. The van der Waals surface area contributed by atoms with Gasteiger partial charge in [0.25, 0.3) is 0 Å². The number of carbonyl (C=O) groups is 1. The lowest BCUT2D eigenvalue weighted by Crippen LogP contribution is -2.43. The molecule has 0 aliphatic carbocycles. The van der Waals surface area contributed by atoms with E-state index in [1.807, 2.05) is 4.90 Å². The van der Waals surface area contributed by atoms with Crippen LogP contribution in [0.15, 0.2) is 0 Å². The van der Waals surface area contributed by atoms with Gasteiger partial charge in [0, 0.05) is 45.7 Å². The van der Waals surface area contributed by atoms with Crippen molar-refractivity contribution in [1.82, 2.24) is 15.1 Å². The van der Waals surface area contributed by atoms with Gasteiger partial charge in [-0.3, -0.25) is 4.79 Å². The van der Waals surface area contributed by atoms with Crippen LogP contribution >= 0.6 is 0 Å². The Labute approximate surface area is 98.0 Å². The quantitative estimate of drug-likeness (QED) is 0.747. The molecule has 2 fully saturated rings. The molecule has 4 heteroatoms. The number of amides is 1. The van der Waals surface area contributed by atoms with Crippen molar-refractivity contribution in [2.75, 3.05) is 45.8 Å². The van der Waals surface area contributed by atoms with Crippen molar-refractivity contribution in [3.05, 3.63) is 0 Å². The molecule has 2 heterocycles. The maximum atomic E-state index is 11.8. The second-order valence-corrected chi connectivity index (χ2v) is 4.78. The molecular formula is C12H23N3O. The van der Waals surface area contributed by atoms with Gasteiger partial charge in [-0.05, 0) is 25.8 Å². The normalized spacial score (nSPS) is 22.6. The van der Waals surface area contributed by atoms with E-state index in [9.17, 15) is 4.79 Å². The van der Waals surface area contributed by atoms with Crippen LogP contribution in [0, 0.1) is 0 Å². The predicted octanol–water partition coefficient (Wildman–Crippen LogP) is 0.294. The third-order valence-corrected chi connectivity index (χ3v) is 3.53. The molecule has 92 valence electrons. The van der Waals surface area contributed by atoms with Crippen LogP contribution in [0.5, 0.6) is 0 Å². The molecule has 4 nitrogen and oxygen atoms in total. The lowest BCUT2D eigenvalue weighted by Gasteiger charge is -2.27. The summed E-state index contributed by atoms with van der Waals surface area (Å²) in [5, 5.41) is 3.34. The van der Waals surface area contributed by atoms with Gasteiger partial charge < -0.3 is 15.1 Å². The maximum absolute atomic E-state index is 11.8. The fourth-order valence-corrected chi connectivity index (χ4v) is 2.51. The number of likely N-dealkylation sites (tertiary alicyclic amines) is 1. The minimum Gasteiger partial charge on any atom is -0.343 e. The van der Waals surface area contributed by atoms with Gasteiger partial charge in [0.05, 0.1) is 0 Å². The fourth-order valence-electron chi connectivity index (χ4n) is 2.51. The molecule has 2 saturated heterocycles. The van der Waals surface area contributed by atoms with Gasteiger partial charge in [0.15, 0.2) is 0 Å². The molecular weight excluding hydrogens is 202 g/mol. The molecule has 0 aromatic carbocycles. The van der Waals surface area contributed by atoms with Crippen LogP contribution in [0.4, 0.5) is 0 Å². The fraction of sp³-hybridized carbons (Fsp3) is 0.917. The number of rotatable bonds is 4. The number of nitrogens with zero attached hydrogens (tertiary/aromatic N) is 2. The Kier molecular flexibility index (Phi) is 4.60. The van der Waals surface area contributed by atoms with Crippen LogP contribution in [-0.4, -0.2) is 61.5 Å². The van der Waals surface area contributed by atoms with Gasteiger partial charge in [0.2, 0.25) is 5.91 Å². The van der Waals surface area contributed by atoms with Gasteiger partial charge in [0.1, 0.15) is 0 Å². The minimum absolute atomic E-state index is 0.368. The van der Waals surface area contributed by atoms with E-state index < -0.39 is 0 Å². The molecule has 1 N–H and O–H groups in total. The molecule has 0 unspecified atom stereocenters. The molecule has 0 atom stereocenters. The first-order valence-electron chi connectivity index (χ1n) is 6.57. The highest BCUT2D eigenvalue weighted by atomic mass is 16.2. The topological polar surface area (TPSA) is 35.6 Å². The Balaban J connectivity index is 1.57. The zero-order valence-corrected chi connectivity index (χ0v) is 10.1. The summed E-state index contributed by atoms with van der Waals surface area (Å²) in [7, 11) is 0. The van der Waals surface area contributed by atoms with E-state index in [2.05, 4.69) is 10.2 Å². The van der Waals surface area contributed by atoms with Crippen molar-refractivity contribution in [3.63, 3.8) is 0 Å². The van der Waals surface area contributed by atoms with Crippen LogP contribution in [0.25, 0.3) is 0 Å². The van der Waals surface area contributed by atoms with Crippen molar-refractivity contribution in [2.24, 2.45) is 0 Å². The summed E-state index contributed by atoms with van der Waals surface area (Å²) in [5.74, 6) is 0.368. The second-order valence-electron chi connectivity index (χ2n) is 4.78. The number of hydrogen-bond acceptors (Lipinski definition) is 3. The highest BCUT2D eigenvalue weighted by Crippen LogP contribution is 2.10. The first-order valence-corrected chi connectivity index (χ1v) is 6.57. The van der Waals surface area contributed by atoms with Gasteiger partial charge in [-0.15, -0.1) is 0 Å². The number of carbonyl (C=O) groups excluding carboxylic acids is 1. The van der Waals surface area contributed by atoms with Gasteiger partial charge >= 0.3 is 0 Å². The molecule has 0 spiro atoms. The van der Waals surface area contributed by atoms with Crippen molar-refractivity contribution in [3.8, 4) is 0 Å². The molecule has 0 aromatic rings. The molecule has 16 heavy (non-hydrogen) atoms. The van der Waals surface area contributed by atoms with Crippen molar-refractivity contribution in [2.45, 2.75) is 25.7 Å². The lowest BCUT2D eigenvalue weighted by molar-refractivity contribution is -0.130. The van der Waals surface area contributed by atoms with E-state index in [0.717, 1.165) is 58.7 Å². The monoisotopic (exact) mass is 225 g/mol. The molecule has 0 saturated carbocycles. The van der Waals surface area contributed by atoms with Crippen LogP contribution < -0.4 is 5.32 Å². The van der Waals surface area contributed by atoms with Crippen molar-refractivity contribution in [1.29, 1.82) is 0 Å². The molecule has 2 aliphatic rings. The van der Waals surface area contributed by atoms with Crippen LogP contribution in [0.3, 0.4) is 0 Å². The SMILES string of the molecule is O=C(CCCN1CCNCC1)N1CCCC1. The Hall–Kier alpha value is -0.610. The van der Waals surface area contributed by atoms with Crippen LogP contribution in [-0.2, 0) is 4.79 Å². The smallest absolute Gasteiger partial charge is 0.222 e. The third-order valence-electron chi connectivity index (χ3n) is 3.53. The summed E-state index contributed by atoms with van der Waals surface area (Å²) in [5.41, 5.74) is 0. The van der Waals surface area contributed by atoms with Gasteiger partial charge in [-0.2, -0.15) is 0 Å². The van der Waals surface area contributed by atoms with E-state index in [1.165, 1.54) is 12.8 Å². The summed E-state index contributed by atoms with van der Waals surface area (Å²) in [6.45, 7) is 7.54. The average Bonchev–Trinajstić information content (AvgIpc) is 2.84. The van der Waals surface area contributed by atoms with E-state index in [4.69, 9.17) is 0 Å². The second kappa shape index (κ2) is 6.21. The molecule has 0 aromatic heterocycles. The highest BCUT2D eigenvalue weighted by molar-refractivity contribution is 5.76. The maximum Gasteiger partial charge on any atom is 0.222 e. The average molecular weight is 225 g/mol. The summed E-state index contributed by atoms with van der Waals surface area (Å²) >= 11 is 0. The Morgan fingerprint density at radius 2 is 1.75 bits per heavy atom. The zero-order chi connectivity index (χ0) is 11.2. The highest BCUT2D eigenvalue weighted by Gasteiger charge is 2.17. The number of hydrogen-bond donors (Lipinski definition) is 1. The van der Waals surface area contributed by atoms with E-state index in [0.29, 0.717) is 5.91 Å². The third kappa shape index (κ3) is 3.46. The van der Waals surface area contributed by atoms with E-state index >= 15 is 0 Å². The molecule has 1 amide bonds. The van der Waals surface area contributed by atoms with Crippen molar-refractivity contribution < 1.29 is 4.79 Å². The largest absolute Gasteiger partial charge is 0.343 e. The summed E-state index contributed by atoms with van der Waals surface area (Å²) in [6.07, 6.45) is 4.16.